The first-order chi connectivity index (χ1) is 7.65. The lowest BCUT2D eigenvalue weighted by Gasteiger charge is -2.40. The van der Waals surface area contributed by atoms with Gasteiger partial charge in [-0.25, -0.2) is 0 Å². The molecule has 1 aliphatic carbocycles. The first kappa shape index (κ1) is 11.6. The van der Waals surface area contributed by atoms with Crippen molar-refractivity contribution in [3.05, 3.63) is 35.4 Å². The van der Waals surface area contributed by atoms with Crippen LogP contribution in [0.3, 0.4) is 0 Å². The van der Waals surface area contributed by atoms with Gasteiger partial charge in [-0.1, -0.05) is 24.3 Å². The van der Waals surface area contributed by atoms with Gasteiger partial charge in [0.15, 0.2) is 0 Å². The highest BCUT2D eigenvalue weighted by Crippen LogP contribution is 2.40. The molecule has 1 aromatic carbocycles. The van der Waals surface area contributed by atoms with E-state index in [1.54, 1.807) is 7.11 Å². The third-order valence-corrected chi connectivity index (χ3v) is 3.71. The normalized spacial score (nSPS) is 20.2. The van der Waals surface area contributed by atoms with Gasteiger partial charge in [0, 0.05) is 12.6 Å². The van der Waals surface area contributed by atoms with E-state index in [9.17, 15) is 0 Å². The number of benzene rings is 1. The van der Waals surface area contributed by atoms with Crippen LogP contribution in [0.15, 0.2) is 24.3 Å². The molecule has 0 radical (unpaired) electrons. The van der Waals surface area contributed by atoms with Gasteiger partial charge in [0.25, 0.3) is 0 Å². The second kappa shape index (κ2) is 4.56. The van der Waals surface area contributed by atoms with E-state index in [2.05, 4.69) is 31.2 Å². The molecule has 0 aromatic heterocycles. The highest BCUT2D eigenvalue weighted by molar-refractivity contribution is 5.35. The van der Waals surface area contributed by atoms with Crippen molar-refractivity contribution >= 4 is 0 Å². The molecular formula is C14H21NO. The first-order valence-electron chi connectivity index (χ1n) is 6.06. The molecule has 1 aliphatic rings. The van der Waals surface area contributed by atoms with E-state index in [-0.39, 0.29) is 11.6 Å². The molecule has 2 N–H and O–H groups in total. The first-order valence-corrected chi connectivity index (χ1v) is 6.06. The summed E-state index contributed by atoms with van der Waals surface area (Å²) in [5.41, 5.74) is 9.01. The Kier molecular flexibility index (Phi) is 3.31. The maximum atomic E-state index is 6.40. The molecule has 0 spiro atoms. The molecule has 0 amide bonds. The lowest BCUT2D eigenvalue weighted by Crippen LogP contribution is -2.44. The zero-order valence-corrected chi connectivity index (χ0v) is 10.2. The van der Waals surface area contributed by atoms with Crippen molar-refractivity contribution in [2.75, 3.05) is 7.11 Å². The third-order valence-electron chi connectivity index (χ3n) is 3.71. The molecule has 0 bridgehead atoms. The molecular weight excluding hydrogens is 198 g/mol. The molecule has 0 aliphatic heterocycles. The van der Waals surface area contributed by atoms with Crippen molar-refractivity contribution in [1.82, 2.24) is 0 Å². The predicted octanol–water partition coefficient (Wildman–Crippen LogP) is 2.60. The van der Waals surface area contributed by atoms with Crippen LogP contribution in [0.2, 0.25) is 0 Å². The average Bonchev–Trinajstić information content (AvgIpc) is 2.26. The van der Waals surface area contributed by atoms with E-state index in [0.29, 0.717) is 0 Å². The fourth-order valence-electron chi connectivity index (χ4n) is 2.40. The molecule has 1 unspecified atom stereocenters. The standard InChI is InChI=1S/C14H21NO/c1-11(16-2)10-12-6-3-4-7-13(12)14(15)8-5-9-14/h3-4,6-7,11H,5,8-10,15H2,1-2H3. The Bertz CT molecular complexity index is 358. The van der Waals surface area contributed by atoms with Crippen LogP contribution in [-0.4, -0.2) is 13.2 Å². The van der Waals surface area contributed by atoms with Crippen molar-refractivity contribution in [3.8, 4) is 0 Å². The summed E-state index contributed by atoms with van der Waals surface area (Å²) in [5, 5.41) is 0. The minimum absolute atomic E-state index is 0.0654. The number of rotatable bonds is 4. The predicted molar refractivity (Wildman–Crippen MR) is 66.3 cm³/mol. The molecule has 0 saturated heterocycles. The summed E-state index contributed by atoms with van der Waals surface area (Å²) in [4.78, 5) is 0. The van der Waals surface area contributed by atoms with Crippen molar-refractivity contribution in [1.29, 1.82) is 0 Å². The number of hydrogen-bond acceptors (Lipinski definition) is 2. The maximum absolute atomic E-state index is 6.40. The van der Waals surface area contributed by atoms with Crippen molar-refractivity contribution < 1.29 is 4.74 Å². The van der Waals surface area contributed by atoms with Gasteiger partial charge in [0.1, 0.15) is 0 Å². The lowest BCUT2D eigenvalue weighted by molar-refractivity contribution is 0.118. The Morgan fingerprint density at radius 2 is 2.06 bits per heavy atom. The Hall–Kier alpha value is -0.860. The topological polar surface area (TPSA) is 35.2 Å². The largest absolute Gasteiger partial charge is 0.381 e. The van der Waals surface area contributed by atoms with Gasteiger partial charge in [-0.15, -0.1) is 0 Å². The van der Waals surface area contributed by atoms with Crippen molar-refractivity contribution in [2.45, 2.75) is 44.2 Å². The van der Waals surface area contributed by atoms with Crippen LogP contribution in [0, 0.1) is 0 Å². The molecule has 1 saturated carbocycles. The van der Waals surface area contributed by atoms with E-state index in [0.717, 1.165) is 19.3 Å². The van der Waals surface area contributed by atoms with E-state index < -0.39 is 0 Å². The molecule has 2 nitrogen and oxygen atoms in total. The summed E-state index contributed by atoms with van der Waals surface area (Å²) in [6.45, 7) is 2.10. The Balaban J connectivity index is 2.23. The van der Waals surface area contributed by atoms with Gasteiger partial charge in [-0.05, 0) is 43.7 Å². The summed E-state index contributed by atoms with van der Waals surface area (Å²) in [5.74, 6) is 0. The molecule has 88 valence electrons. The van der Waals surface area contributed by atoms with Crippen LogP contribution in [0.4, 0.5) is 0 Å². The fraction of sp³-hybridized carbons (Fsp3) is 0.571. The molecule has 1 fully saturated rings. The second-order valence-corrected chi connectivity index (χ2v) is 4.92. The van der Waals surface area contributed by atoms with E-state index >= 15 is 0 Å². The number of methoxy groups -OCH3 is 1. The summed E-state index contributed by atoms with van der Waals surface area (Å²) in [6, 6.07) is 8.53. The van der Waals surface area contributed by atoms with Gasteiger partial charge >= 0.3 is 0 Å². The molecule has 2 rings (SSSR count). The van der Waals surface area contributed by atoms with Crippen LogP contribution in [-0.2, 0) is 16.7 Å². The number of hydrogen-bond donors (Lipinski definition) is 1. The number of ether oxygens (including phenoxy) is 1. The molecule has 1 aromatic rings. The van der Waals surface area contributed by atoms with Crippen LogP contribution < -0.4 is 5.73 Å². The Morgan fingerprint density at radius 1 is 1.38 bits per heavy atom. The maximum Gasteiger partial charge on any atom is 0.0583 e. The SMILES string of the molecule is COC(C)Cc1ccccc1C1(N)CCC1. The van der Waals surface area contributed by atoms with Gasteiger partial charge < -0.3 is 10.5 Å². The highest BCUT2D eigenvalue weighted by Gasteiger charge is 2.35. The minimum Gasteiger partial charge on any atom is -0.381 e. The molecule has 0 heterocycles. The average molecular weight is 219 g/mol. The van der Waals surface area contributed by atoms with E-state index in [1.807, 2.05) is 0 Å². The van der Waals surface area contributed by atoms with E-state index in [1.165, 1.54) is 17.5 Å². The zero-order valence-electron chi connectivity index (χ0n) is 10.2. The lowest BCUT2D eigenvalue weighted by atomic mass is 9.71. The summed E-state index contributed by atoms with van der Waals surface area (Å²) in [7, 11) is 1.76. The Morgan fingerprint density at radius 3 is 2.62 bits per heavy atom. The van der Waals surface area contributed by atoms with Gasteiger partial charge in [-0.3, -0.25) is 0 Å². The van der Waals surface area contributed by atoms with Gasteiger partial charge in [0.05, 0.1) is 6.10 Å². The highest BCUT2D eigenvalue weighted by atomic mass is 16.5. The van der Waals surface area contributed by atoms with Crippen molar-refractivity contribution in [2.24, 2.45) is 5.73 Å². The third kappa shape index (κ3) is 2.13. The number of nitrogens with two attached hydrogens (primary N) is 1. The summed E-state index contributed by atoms with van der Waals surface area (Å²) >= 11 is 0. The minimum atomic E-state index is -0.0654. The quantitative estimate of drug-likeness (QED) is 0.844. The molecule has 2 heteroatoms. The van der Waals surface area contributed by atoms with Crippen LogP contribution in [0.1, 0.15) is 37.3 Å². The molecule has 16 heavy (non-hydrogen) atoms. The van der Waals surface area contributed by atoms with Crippen molar-refractivity contribution in [3.63, 3.8) is 0 Å². The van der Waals surface area contributed by atoms with E-state index in [4.69, 9.17) is 10.5 Å². The summed E-state index contributed by atoms with van der Waals surface area (Å²) < 4.78 is 5.33. The smallest absolute Gasteiger partial charge is 0.0583 e. The fourth-order valence-corrected chi connectivity index (χ4v) is 2.40. The van der Waals surface area contributed by atoms with Gasteiger partial charge in [0.2, 0.25) is 0 Å². The zero-order chi connectivity index (χ0) is 11.6. The second-order valence-electron chi connectivity index (χ2n) is 4.92. The van der Waals surface area contributed by atoms with Crippen LogP contribution in [0.25, 0.3) is 0 Å². The van der Waals surface area contributed by atoms with Gasteiger partial charge in [-0.2, -0.15) is 0 Å². The Labute approximate surface area is 97.8 Å². The summed E-state index contributed by atoms with van der Waals surface area (Å²) in [6.07, 6.45) is 4.69. The van der Waals surface area contributed by atoms with Crippen LogP contribution in [0.5, 0.6) is 0 Å². The monoisotopic (exact) mass is 219 g/mol. The molecule has 1 atom stereocenters. The van der Waals surface area contributed by atoms with Crippen LogP contribution >= 0.6 is 0 Å².